The fourth-order valence-electron chi connectivity index (χ4n) is 2.75. The molecule has 0 aromatic heterocycles. The predicted molar refractivity (Wildman–Crippen MR) is 94.2 cm³/mol. The van der Waals surface area contributed by atoms with Crippen LogP contribution in [0.5, 0.6) is 11.5 Å². The highest BCUT2D eigenvalue weighted by Gasteiger charge is 2.29. The topological polar surface area (TPSA) is 50.8 Å². The molecular weight excluding hydrogens is 373 g/mol. The fourth-order valence-corrected chi connectivity index (χ4v) is 2.75. The Morgan fingerprint density at radius 1 is 1.35 bits per heavy atom. The van der Waals surface area contributed by atoms with Crippen LogP contribution < -0.4 is 14.8 Å². The van der Waals surface area contributed by atoms with Crippen molar-refractivity contribution in [3.8, 4) is 11.5 Å². The van der Waals surface area contributed by atoms with Crippen LogP contribution in [0.3, 0.4) is 0 Å². The quantitative estimate of drug-likeness (QED) is 0.803. The molecule has 2 rings (SSSR count). The molecule has 0 spiro atoms. The molecule has 0 saturated carbocycles. The van der Waals surface area contributed by atoms with E-state index < -0.39 is 12.8 Å². The van der Waals surface area contributed by atoms with E-state index in [0.717, 1.165) is 18.7 Å². The third-order valence-corrected chi connectivity index (χ3v) is 4.07. The lowest BCUT2D eigenvalue weighted by molar-refractivity contribution is -0.153. The van der Waals surface area contributed by atoms with Crippen LogP contribution in [0.1, 0.15) is 18.9 Å². The molecule has 1 aromatic carbocycles. The second kappa shape index (κ2) is 9.87. The molecule has 1 heterocycles. The molecule has 1 N–H and O–H groups in total. The number of piperazine rings is 1. The number of benzene rings is 1. The first-order valence-corrected chi connectivity index (χ1v) is 8.17. The second-order valence-corrected chi connectivity index (χ2v) is 6.03. The molecule has 1 aliphatic heterocycles. The second-order valence-electron chi connectivity index (χ2n) is 6.03. The van der Waals surface area contributed by atoms with Gasteiger partial charge in [-0.05, 0) is 31.0 Å². The maximum absolute atomic E-state index is 12.3. The molecule has 1 aromatic rings. The highest BCUT2D eigenvalue weighted by molar-refractivity contribution is 5.85. The molecule has 0 bridgehead atoms. The summed E-state index contributed by atoms with van der Waals surface area (Å²) in [6, 6.07) is 4.87. The van der Waals surface area contributed by atoms with E-state index in [1.54, 1.807) is 12.1 Å². The van der Waals surface area contributed by atoms with Crippen LogP contribution in [-0.4, -0.2) is 56.4 Å². The van der Waals surface area contributed by atoms with Crippen LogP contribution in [0.15, 0.2) is 18.2 Å². The summed E-state index contributed by atoms with van der Waals surface area (Å²) in [6.45, 7) is 2.88. The Balaban J connectivity index is 0.00000338. The van der Waals surface area contributed by atoms with Crippen LogP contribution in [0.4, 0.5) is 13.2 Å². The molecule has 1 atom stereocenters. The number of carbonyl (C=O) groups is 1. The Morgan fingerprint density at radius 3 is 2.69 bits per heavy atom. The molecule has 5 nitrogen and oxygen atoms in total. The van der Waals surface area contributed by atoms with Gasteiger partial charge in [0.05, 0.1) is 7.11 Å². The lowest BCUT2D eigenvalue weighted by Crippen LogP contribution is -2.52. The summed E-state index contributed by atoms with van der Waals surface area (Å²) in [6.07, 6.45) is -3.57. The lowest BCUT2D eigenvalue weighted by Gasteiger charge is -2.34. The molecule has 1 aliphatic rings. The first kappa shape index (κ1) is 22.4. The smallest absolute Gasteiger partial charge is 0.422 e. The monoisotopic (exact) mass is 396 g/mol. The van der Waals surface area contributed by atoms with E-state index in [1.807, 2.05) is 11.8 Å². The van der Waals surface area contributed by atoms with Crippen molar-refractivity contribution in [1.82, 2.24) is 10.2 Å². The number of nitrogens with zero attached hydrogens (tertiary/aromatic N) is 1. The van der Waals surface area contributed by atoms with Gasteiger partial charge in [-0.15, -0.1) is 12.4 Å². The third kappa shape index (κ3) is 6.57. The fraction of sp³-hybridized carbons (Fsp3) is 0.588. The number of carbonyl (C=O) groups excluding carboxylic acids is 1. The highest BCUT2D eigenvalue weighted by Crippen LogP contribution is 2.30. The van der Waals surface area contributed by atoms with Crippen molar-refractivity contribution in [2.24, 2.45) is 0 Å². The standard InChI is InChI=1S/C17H23F3N2O3.ClH/c1-12-10-21-7-8-22(12)16(23)6-4-13-3-5-14(15(9-13)24-2)25-11-17(18,19)20;/h3,5,9,12,21H,4,6-8,10-11H2,1-2H3;1H. The Morgan fingerprint density at radius 2 is 2.08 bits per heavy atom. The normalized spacial score (nSPS) is 17.4. The number of nitrogens with one attached hydrogen (secondary N) is 1. The van der Waals surface area contributed by atoms with Crippen LogP contribution in [-0.2, 0) is 11.2 Å². The number of amides is 1. The van der Waals surface area contributed by atoms with Crippen molar-refractivity contribution in [1.29, 1.82) is 0 Å². The summed E-state index contributed by atoms with van der Waals surface area (Å²) >= 11 is 0. The Bertz CT molecular complexity index is 599. The molecule has 1 unspecified atom stereocenters. The Kier molecular flexibility index (Phi) is 8.49. The lowest BCUT2D eigenvalue weighted by atomic mass is 10.1. The third-order valence-electron chi connectivity index (χ3n) is 4.07. The maximum atomic E-state index is 12.3. The van der Waals surface area contributed by atoms with Gasteiger partial charge in [0.15, 0.2) is 18.1 Å². The first-order valence-electron chi connectivity index (χ1n) is 8.17. The van der Waals surface area contributed by atoms with Crippen molar-refractivity contribution < 1.29 is 27.4 Å². The van der Waals surface area contributed by atoms with Gasteiger partial charge in [-0.25, -0.2) is 0 Å². The van der Waals surface area contributed by atoms with Crippen molar-refractivity contribution in [2.45, 2.75) is 32.0 Å². The van der Waals surface area contributed by atoms with Gasteiger partial charge >= 0.3 is 6.18 Å². The summed E-state index contributed by atoms with van der Waals surface area (Å²) in [4.78, 5) is 14.2. The van der Waals surface area contributed by atoms with E-state index in [4.69, 9.17) is 9.47 Å². The van der Waals surface area contributed by atoms with E-state index in [0.29, 0.717) is 19.4 Å². The summed E-state index contributed by atoms with van der Waals surface area (Å²) < 4.78 is 46.6. The molecule has 1 saturated heterocycles. The van der Waals surface area contributed by atoms with Crippen LogP contribution >= 0.6 is 12.4 Å². The van der Waals surface area contributed by atoms with Gasteiger partial charge in [0.25, 0.3) is 0 Å². The molecule has 1 amide bonds. The summed E-state index contributed by atoms with van der Waals surface area (Å²) in [7, 11) is 1.37. The summed E-state index contributed by atoms with van der Waals surface area (Å²) in [5, 5.41) is 3.23. The van der Waals surface area contributed by atoms with Gasteiger partial charge in [0, 0.05) is 32.1 Å². The molecule has 0 aliphatic carbocycles. The highest BCUT2D eigenvalue weighted by atomic mass is 35.5. The van der Waals surface area contributed by atoms with Gasteiger partial charge in [0.2, 0.25) is 5.91 Å². The minimum absolute atomic E-state index is 0. The van der Waals surface area contributed by atoms with Gasteiger partial charge in [-0.2, -0.15) is 13.2 Å². The first-order chi connectivity index (χ1) is 11.8. The maximum Gasteiger partial charge on any atom is 0.422 e. The number of hydrogen-bond acceptors (Lipinski definition) is 4. The number of alkyl halides is 3. The van der Waals surface area contributed by atoms with Gasteiger partial charge in [-0.1, -0.05) is 6.07 Å². The molecule has 148 valence electrons. The van der Waals surface area contributed by atoms with Gasteiger partial charge in [0.1, 0.15) is 0 Å². The number of aryl methyl sites for hydroxylation is 1. The van der Waals surface area contributed by atoms with E-state index in [1.165, 1.54) is 13.2 Å². The summed E-state index contributed by atoms with van der Waals surface area (Å²) in [5.74, 6) is 0.334. The summed E-state index contributed by atoms with van der Waals surface area (Å²) in [5.41, 5.74) is 0.812. The average Bonchev–Trinajstić information content (AvgIpc) is 2.57. The van der Waals surface area contributed by atoms with E-state index in [2.05, 4.69) is 5.32 Å². The van der Waals surface area contributed by atoms with Crippen LogP contribution in [0, 0.1) is 0 Å². The molecule has 1 fully saturated rings. The van der Waals surface area contributed by atoms with E-state index in [-0.39, 0.29) is 35.9 Å². The van der Waals surface area contributed by atoms with Crippen LogP contribution in [0.25, 0.3) is 0 Å². The van der Waals surface area contributed by atoms with Crippen molar-refractivity contribution in [3.63, 3.8) is 0 Å². The van der Waals surface area contributed by atoms with Crippen LogP contribution in [0.2, 0.25) is 0 Å². The molecule has 9 heteroatoms. The number of halogens is 4. The zero-order chi connectivity index (χ0) is 18.4. The minimum Gasteiger partial charge on any atom is -0.493 e. The molecular formula is C17H24ClF3N2O3. The average molecular weight is 397 g/mol. The van der Waals surface area contributed by atoms with E-state index >= 15 is 0 Å². The number of methoxy groups -OCH3 is 1. The van der Waals surface area contributed by atoms with Crippen molar-refractivity contribution in [3.05, 3.63) is 23.8 Å². The predicted octanol–water partition coefficient (Wildman–Crippen LogP) is 2.81. The van der Waals surface area contributed by atoms with Crippen molar-refractivity contribution in [2.75, 3.05) is 33.4 Å². The number of ether oxygens (including phenoxy) is 2. The molecule has 0 radical (unpaired) electrons. The van der Waals surface area contributed by atoms with Gasteiger partial charge in [-0.3, -0.25) is 4.79 Å². The van der Waals surface area contributed by atoms with Gasteiger partial charge < -0.3 is 19.7 Å². The molecule has 26 heavy (non-hydrogen) atoms. The Labute approximate surface area is 157 Å². The SMILES string of the molecule is COc1cc(CCC(=O)N2CCNCC2C)ccc1OCC(F)(F)F.Cl. The zero-order valence-electron chi connectivity index (χ0n) is 14.8. The van der Waals surface area contributed by atoms with E-state index in [9.17, 15) is 18.0 Å². The minimum atomic E-state index is -4.41. The van der Waals surface area contributed by atoms with Crippen molar-refractivity contribution >= 4 is 18.3 Å². The Hall–Kier alpha value is -1.67. The zero-order valence-corrected chi connectivity index (χ0v) is 15.6. The number of hydrogen-bond donors (Lipinski definition) is 1. The largest absolute Gasteiger partial charge is 0.493 e. The number of rotatable bonds is 6.